The van der Waals surface area contributed by atoms with Crippen molar-refractivity contribution in [3.05, 3.63) is 200 Å². The van der Waals surface area contributed by atoms with E-state index in [0.29, 0.717) is 6.67 Å². The summed E-state index contributed by atoms with van der Waals surface area (Å²) in [6.45, 7) is 13.0. The van der Waals surface area contributed by atoms with Gasteiger partial charge in [-0.15, -0.1) is 0 Å². The zero-order chi connectivity index (χ0) is 37.8. The fourth-order valence-corrected chi connectivity index (χ4v) is 9.72. The molecule has 0 unspecified atom stereocenters. The molecule has 2 aromatic heterocycles. The van der Waals surface area contributed by atoms with E-state index in [9.17, 15) is 0 Å². The maximum atomic E-state index is 5.45. The van der Waals surface area contributed by atoms with Crippen LogP contribution in [0.2, 0.25) is 0 Å². The van der Waals surface area contributed by atoms with Gasteiger partial charge >= 0.3 is 0 Å². The molecule has 4 nitrogen and oxygen atoms in total. The summed E-state index contributed by atoms with van der Waals surface area (Å²) in [5, 5.41) is 8.18. The summed E-state index contributed by atoms with van der Waals surface area (Å²) in [6.07, 6.45) is 17.0. The first-order valence-corrected chi connectivity index (χ1v) is 19.7. The number of aromatic nitrogens is 2. The summed E-state index contributed by atoms with van der Waals surface area (Å²) in [5.41, 5.74) is 11.4. The number of rotatable bonds is 7. The van der Waals surface area contributed by atoms with E-state index in [1.807, 2.05) is 12.2 Å². The van der Waals surface area contributed by atoms with Gasteiger partial charge in [0.15, 0.2) is 0 Å². The number of para-hydroxylation sites is 2. The number of hydrogen-bond donors (Lipinski definition) is 0. The maximum Gasteiger partial charge on any atom is 0.115 e. The molecule has 3 aliphatic rings. The summed E-state index contributed by atoms with van der Waals surface area (Å²) < 4.78 is 4.68. The van der Waals surface area contributed by atoms with Crippen molar-refractivity contribution in [3.63, 3.8) is 0 Å². The molecule has 4 heterocycles. The van der Waals surface area contributed by atoms with E-state index in [0.717, 1.165) is 56.2 Å². The number of allylic oxidation sites excluding steroid dienone is 5. The minimum Gasteiger partial charge on any atom is -0.320 e. The molecule has 56 heavy (non-hydrogen) atoms. The fraction of sp³-hybridized carbons (Fsp3) is 0.0588. The smallest absolute Gasteiger partial charge is 0.115 e. The molecule has 5 heteroatoms. The molecule has 10 rings (SSSR count). The van der Waals surface area contributed by atoms with E-state index in [1.54, 1.807) is 11.8 Å². The second-order valence-corrected chi connectivity index (χ2v) is 15.4. The van der Waals surface area contributed by atoms with Gasteiger partial charge in [-0.2, -0.15) is 0 Å². The molecule has 7 aromatic rings. The normalized spacial score (nSPS) is 16.9. The summed E-state index contributed by atoms with van der Waals surface area (Å²) in [5.74, 6) is 0. The predicted octanol–water partition coefficient (Wildman–Crippen LogP) is 9.09. The van der Waals surface area contributed by atoms with E-state index in [4.69, 9.17) is 4.99 Å². The van der Waals surface area contributed by atoms with Crippen molar-refractivity contribution in [2.45, 2.75) is 24.4 Å². The maximum absolute atomic E-state index is 5.45. The predicted molar refractivity (Wildman–Crippen MR) is 239 cm³/mol. The van der Waals surface area contributed by atoms with Crippen LogP contribution >= 0.6 is 11.8 Å². The first kappa shape index (κ1) is 33.8. The highest BCUT2D eigenvalue weighted by Gasteiger charge is 2.28. The molecule has 268 valence electrons. The monoisotopic (exact) mass is 738 g/mol. The molecule has 2 aliphatic heterocycles. The summed E-state index contributed by atoms with van der Waals surface area (Å²) in [7, 11) is 0. The zero-order valence-electron chi connectivity index (χ0n) is 31.0. The third-order valence-corrected chi connectivity index (χ3v) is 12.3. The number of thioether (sulfide) groups is 1. The lowest BCUT2D eigenvalue weighted by molar-refractivity contribution is 0.742. The quantitative estimate of drug-likeness (QED) is 0.119. The Kier molecular flexibility index (Phi) is 8.38. The van der Waals surface area contributed by atoms with Crippen molar-refractivity contribution >= 4 is 82.4 Å². The van der Waals surface area contributed by atoms with Crippen molar-refractivity contribution in [1.82, 2.24) is 9.13 Å². The highest BCUT2D eigenvalue weighted by atomic mass is 32.2. The second kappa shape index (κ2) is 13.9. The Bertz CT molecular complexity index is 3200. The van der Waals surface area contributed by atoms with Gasteiger partial charge < -0.3 is 9.13 Å². The van der Waals surface area contributed by atoms with E-state index < -0.39 is 0 Å². The molecule has 1 aliphatic carbocycles. The van der Waals surface area contributed by atoms with E-state index in [-0.39, 0.29) is 0 Å². The lowest BCUT2D eigenvalue weighted by atomic mass is 10.0. The molecule has 0 spiro atoms. The lowest BCUT2D eigenvalue weighted by Crippen LogP contribution is -2.31. The van der Waals surface area contributed by atoms with Gasteiger partial charge in [-0.25, -0.2) is 0 Å². The van der Waals surface area contributed by atoms with Crippen LogP contribution in [0.15, 0.2) is 165 Å². The van der Waals surface area contributed by atoms with E-state index in [1.165, 1.54) is 59.9 Å². The van der Waals surface area contributed by atoms with Gasteiger partial charge in [0, 0.05) is 60.6 Å². The Hall–Kier alpha value is -6.69. The van der Waals surface area contributed by atoms with Gasteiger partial charge in [0.1, 0.15) is 6.67 Å². The van der Waals surface area contributed by atoms with Crippen LogP contribution in [0.4, 0.5) is 0 Å². The van der Waals surface area contributed by atoms with Crippen molar-refractivity contribution in [2.24, 2.45) is 9.98 Å². The number of benzene rings is 5. The molecule has 0 amide bonds. The summed E-state index contributed by atoms with van der Waals surface area (Å²) in [6, 6.07) is 40.7. The van der Waals surface area contributed by atoms with Crippen molar-refractivity contribution in [3.8, 4) is 5.69 Å². The number of hydrogen-bond acceptors (Lipinski definition) is 3. The lowest BCUT2D eigenvalue weighted by Gasteiger charge is -2.10. The Morgan fingerprint density at radius 3 is 2.55 bits per heavy atom. The molecule has 0 radical (unpaired) electrons. The third-order valence-electron chi connectivity index (χ3n) is 11.2. The van der Waals surface area contributed by atoms with Gasteiger partial charge in [0.25, 0.3) is 0 Å². The van der Waals surface area contributed by atoms with E-state index >= 15 is 0 Å². The number of aliphatic imine (C=N–C) groups is 2. The van der Waals surface area contributed by atoms with Crippen LogP contribution in [-0.2, 0) is 13.1 Å². The third kappa shape index (κ3) is 5.54. The van der Waals surface area contributed by atoms with Gasteiger partial charge in [0.05, 0.1) is 27.2 Å². The van der Waals surface area contributed by atoms with Crippen molar-refractivity contribution in [1.29, 1.82) is 0 Å². The molecule has 0 fully saturated rings. The minimum absolute atomic E-state index is 0.457. The highest BCUT2D eigenvalue weighted by molar-refractivity contribution is 8.05. The zero-order valence-corrected chi connectivity index (χ0v) is 31.8. The first-order valence-electron chi connectivity index (χ1n) is 18.9. The summed E-state index contributed by atoms with van der Waals surface area (Å²) >= 11 is 1.72. The average Bonchev–Trinajstić information content (AvgIpc) is 3.96. The van der Waals surface area contributed by atoms with Crippen LogP contribution in [-0.4, -0.2) is 21.6 Å². The van der Waals surface area contributed by atoms with Crippen LogP contribution in [0.5, 0.6) is 0 Å². The van der Waals surface area contributed by atoms with Crippen LogP contribution in [0.3, 0.4) is 0 Å². The fourth-order valence-electron chi connectivity index (χ4n) is 8.53. The van der Waals surface area contributed by atoms with Gasteiger partial charge in [-0.3, -0.25) is 9.98 Å². The van der Waals surface area contributed by atoms with Crippen molar-refractivity contribution < 1.29 is 0 Å². The molecule has 0 saturated heterocycles. The van der Waals surface area contributed by atoms with Crippen LogP contribution in [0, 0.1) is 0 Å². The molecular weight excluding hydrogens is 701 g/mol. The van der Waals surface area contributed by atoms with Crippen LogP contribution < -0.4 is 21.1 Å². The van der Waals surface area contributed by atoms with Crippen LogP contribution in [0.1, 0.15) is 34.4 Å². The standard InChI is InChI=1S/C51H38N4S/c1-4-5-17-40-39(33(2)55-44-20-11-8-16-37(44)31-47(40)55)27-23-34-24-28-42-41-18-9-12-21-45(41)54(46(42)29-34)32-53-50-43-19-10-13-22-48(43)56-51(50)49(52-3)38-26-25-35-14-6-7-15-36(35)30-38/h4-23,25-30H,1-3,24,31-32H2/b17-5-,34-23+,39-27+,51-49+,53-50-. The summed E-state index contributed by atoms with van der Waals surface area (Å²) in [4.78, 5) is 12.3. The van der Waals surface area contributed by atoms with Crippen molar-refractivity contribution in [2.75, 3.05) is 0 Å². The van der Waals surface area contributed by atoms with Gasteiger partial charge in [-0.1, -0.05) is 152 Å². The highest BCUT2D eigenvalue weighted by Crippen LogP contribution is 2.44. The molecule has 0 bridgehead atoms. The Labute approximate surface area is 329 Å². The number of fused-ring (bicyclic) bond motifs is 8. The van der Waals surface area contributed by atoms with Gasteiger partial charge in [0.2, 0.25) is 0 Å². The molecular formula is C51H38N4S. The largest absolute Gasteiger partial charge is 0.320 e. The van der Waals surface area contributed by atoms with E-state index in [2.05, 4.69) is 180 Å². The molecule has 0 atom stereocenters. The second-order valence-electron chi connectivity index (χ2n) is 14.3. The minimum atomic E-state index is 0.457. The van der Waals surface area contributed by atoms with Crippen LogP contribution in [0.25, 0.3) is 63.9 Å². The Balaban J connectivity index is 1.10. The Morgan fingerprint density at radius 1 is 0.857 bits per heavy atom. The molecule has 0 N–H and O–H groups in total. The van der Waals surface area contributed by atoms with Gasteiger partial charge in [-0.05, 0) is 65.4 Å². The Morgan fingerprint density at radius 2 is 1.66 bits per heavy atom. The molecule has 0 saturated carbocycles. The average molecular weight is 739 g/mol. The first-order chi connectivity index (χ1) is 27.6. The number of nitrogens with zero attached hydrogens (tertiary/aromatic N) is 4. The SMILES string of the molecule is C=C/C=C\c1c2n(c(=C)/c1=C\C=C1\C=c3c(c4ccccc4n3C/N=C3\C(=C(/N=C)c4ccc5ccccc5c4)Sc4ccccc43)=CC1)-c1ccccc1C2. The topological polar surface area (TPSA) is 34.6 Å². The molecule has 5 aromatic carbocycles.